The molecule has 0 aromatic carbocycles. The van der Waals surface area contributed by atoms with Crippen LogP contribution in [0.25, 0.3) is 0 Å². The average Bonchev–Trinajstić information content (AvgIpc) is 2.92. The van der Waals surface area contributed by atoms with Crippen molar-refractivity contribution in [3.05, 3.63) is 11.1 Å². The predicted octanol–water partition coefficient (Wildman–Crippen LogP) is 6.32. The maximum Gasteiger partial charge on any atom is 0.138 e. The maximum absolute atomic E-state index is 12.6. The van der Waals surface area contributed by atoms with E-state index < -0.39 is 0 Å². The van der Waals surface area contributed by atoms with Gasteiger partial charge in [-0.15, -0.1) is 0 Å². The first kappa shape index (κ1) is 16.9. The summed E-state index contributed by atoms with van der Waals surface area (Å²) in [5, 5.41) is 0. The second-order valence-corrected chi connectivity index (χ2v) is 10.3. The van der Waals surface area contributed by atoms with Crippen LogP contribution in [0, 0.1) is 34.5 Å². The highest BCUT2D eigenvalue weighted by atomic mass is 16.1. The van der Waals surface area contributed by atoms with Crippen molar-refractivity contribution in [2.45, 2.75) is 91.9 Å². The number of hydrogen-bond donors (Lipinski definition) is 0. The Hall–Kier alpha value is -0.590. The summed E-state index contributed by atoms with van der Waals surface area (Å²) in [6, 6.07) is 0. The van der Waals surface area contributed by atoms with E-state index in [9.17, 15) is 4.79 Å². The molecule has 2 saturated carbocycles. The molecule has 0 aliphatic heterocycles. The summed E-state index contributed by atoms with van der Waals surface area (Å²) < 4.78 is 0. The highest BCUT2D eigenvalue weighted by molar-refractivity contribution is 5.85. The molecular weight excluding hydrogens is 292 g/mol. The Balaban J connectivity index is 1.64. The quantitative estimate of drug-likeness (QED) is 0.542. The highest BCUT2D eigenvalue weighted by Crippen LogP contribution is 2.64. The first-order chi connectivity index (χ1) is 11.4. The molecule has 4 aliphatic rings. The molecule has 0 amide bonds. The Morgan fingerprint density at radius 3 is 2.50 bits per heavy atom. The molecule has 0 N–H and O–H groups in total. The molecule has 0 bridgehead atoms. The molecule has 4 rings (SSSR count). The lowest BCUT2D eigenvalue weighted by molar-refractivity contribution is -0.145. The van der Waals surface area contributed by atoms with E-state index in [0.29, 0.717) is 17.1 Å². The minimum atomic E-state index is -0.0950. The van der Waals surface area contributed by atoms with Crippen molar-refractivity contribution in [3.63, 3.8) is 0 Å². The topological polar surface area (TPSA) is 17.1 Å². The third kappa shape index (κ3) is 2.36. The normalized spacial score (nSPS) is 44.1. The van der Waals surface area contributed by atoms with Gasteiger partial charge >= 0.3 is 0 Å². The van der Waals surface area contributed by atoms with E-state index in [4.69, 9.17) is 0 Å². The number of fused-ring (bicyclic) bond motifs is 4. The van der Waals surface area contributed by atoms with Gasteiger partial charge in [0.1, 0.15) is 5.78 Å². The van der Waals surface area contributed by atoms with Gasteiger partial charge < -0.3 is 0 Å². The van der Waals surface area contributed by atoms with E-state index in [0.717, 1.165) is 30.6 Å². The molecule has 0 heterocycles. The number of carbonyl (C=O) groups is 1. The van der Waals surface area contributed by atoms with Gasteiger partial charge in [0.2, 0.25) is 0 Å². The summed E-state index contributed by atoms with van der Waals surface area (Å²) in [7, 11) is 0. The molecule has 0 spiro atoms. The zero-order valence-electron chi connectivity index (χ0n) is 16.3. The minimum absolute atomic E-state index is 0.0950. The van der Waals surface area contributed by atoms with Crippen LogP contribution >= 0.6 is 0 Å². The molecule has 1 nitrogen and oxygen atoms in total. The Bertz CT molecular complexity index is 569. The summed E-state index contributed by atoms with van der Waals surface area (Å²) in [6.07, 6.45) is 13.0. The van der Waals surface area contributed by atoms with Gasteiger partial charge in [0.25, 0.3) is 0 Å². The van der Waals surface area contributed by atoms with Crippen molar-refractivity contribution in [3.8, 4) is 0 Å². The van der Waals surface area contributed by atoms with E-state index in [1.807, 2.05) is 11.1 Å². The monoisotopic (exact) mass is 328 g/mol. The first-order valence-corrected chi connectivity index (χ1v) is 10.6. The molecule has 0 aromatic heterocycles. The smallest absolute Gasteiger partial charge is 0.138 e. The Kier molecular flexibility index (Phi) is 4.01. The van der Waals surface area contributed by atoms with E-state index in [1.165, 1.54) is 51.4 Å². The van der Waals surface area contributed by atoms with Crippen LogP contribution in [-0.2, 0) is 4.79 Å². The van der Waals surface area contributed by atoms with Crippen LogP contribution in [0.15, 0.2) is 11.1 Å². The fourth-order valence-electron chi connectivity index (χ4n) is 7.48. The third-order valence-corrected chi connectivity index (χ3v) is 8.58. The van der Waals surface area contributed by atoms with Gasteiger partial charge in [0.15, 0.2) is 0 Å². The van der Waals surface area contributed by atoms with Crippen LogP contribution < -0.4 is 0 Å². The molecule has 0 radical (unpaired) electrons. The summed E-state index contributed by atoms with van der Waals surface area (Å²) in [4.78, 5) is 12.6. The first-order valence-electron chi connectivity index (χ1n) is 10.6. The molecule has 5 atom stereocenters. The van der Waals surface area contributed by atoms with Crippen molar-refractivity contribution in [2.24, 2.45) is 34.5 Å². The lowest BCUT2D eigenvalue weighted by Crippen LogP contribution is -2.53. The molecule has 24 heavy (non-hydrogen) atoms. The van der Waals surface area contributed by atoms with Gasteiger partial charge in [0.05, 0.1) is 0 Å². The largest absolute Gasteiger partial charge is 0.299 e. The number of hydrogen-bond acceptors (Lipinski definition) is 1. The Morgan fingerprint density at radius 2 is 1.75 bits per heavy atom. The van der Waals surface area contributed by atoms with Crippen molar-refractivity contribution in [2.75, 3.05) is 0 Å². The molecular formula is C23H36O. The zero-order chi connectivity index (χ0) is 17.1. The van der Waals surface area contributed by atoms with Gasteiger partial charge in [-0.2, -0.15) is 0 Å². The standard InChI is InChI=1S/C23H36O/c1-5-6-15-7-9-18-17(15)11-12-20-19(18)10-8-16-13-21(24)22(2,3)14-23(16,20)4/h15-16,19-20H,5-14H2,1-4H3/t15-,16+,19+,20+,23+/m1/s1. The third-order valence-electron chi connectivity index (χ3n) is 8.58. The van der Waals surface area contributed by atoms with Gasteiger partial charge in [0, 0.05) is 11.8 Å². The van der Waals surface area contributed by atoms with Crippen LogP contribution in [0.4, 0.5) is 0 Å². The Morgan fingerprint density at radius 1 is 1.00 bits per heavy atom. The molecule has 0 aromatic rings. The van der Waals surface area contributed by atoms with E-state index in [2.05, 4.69) is 27.7 Å². The van der Waals surface area contributed by atoms with Gasteiger partial charge in [-0.3, -0.25) is 4.79 Å². The number of ketones is 1. The van der Waals surface area contributed by atoms with Crippen LogP contribution in [0.3, 0.4) is 0 Å². The van der Waals surface area contributed by atoms with Gasteiger partial charge in [-0.05, 0) is 80.5 Å². The number of Topliss-reactive ketones (excluding diaryl/α,β-unsaturated/α-hetero) is 1. The molecule has 1 heteroatoms. The van der Waals surface area contributed by atoms with Crippen LogP contribution in [0.2, 0.25) is 0 Å². The molecule has 134 valence electrons. The summed E-state index contributed by atoms with van der Waals surface area (Å²) in [5.74, 6) is 3.82. The summed E-state index contributed by atoms with van der Waals surface area (Å²) in [6.45, 7) is 9.33. The van der Waals surface area contributed by atoms with E-state index in [-0.39, 0.29) is 5.41 Å². The second-order valence-electron chi connectivity index (χ2n) is 10.3. The highest BCUT2D eigenvalue weighted by Gasteiger charge is 2.56. The van der Waals surface area contributed by atoms with E-state index in [1.54, 1.807) is 0 Å². The van der Waals surface area contributed by atoms with Crippen LogP contribution in [-0.4, -0.2) is 5.78 Å². The molecule has 2 fully saturated rings. The van der Waals surface area contributed by atoms with E-state index >= 15 is 0 Å². The van der Waals surface area contributed by atoms with Crippen molar-refractivity contribution in [1.82, 2.24) is 0 Å². The molecule has 4 aliphatic carbocycles. The van der Waals surface area contributed by atoms with Crippen molar-refractivity contribution >= 4 is 5.78 Å². The lowest BCUT2D eigenvalue weighted by Gasteiger charge is -2.58. The zero-order valence-corrected chi connectivity index (χ0v) is 16.3. The Labute approximate surface area is 148 Å². The number of allylic oxidation sites excluding steroid dienone is 2. The number of rotatable bonds is 2. The second kappa shape index (κ2) is 5.71. The van der Waals surface area contributed by atoms with Gasteiger partial charge in [-0.25, -0.2) is 0 Å². The maximum atomic E-state index is 12.6. The van der Waals surface area contributed by atoms with Crippen LogP contribution in [0.1, 0.15) is 91.9 Å². The summed E-state index contributed by atoms with van der Waals surface area (Å²) >= 11 is 0. The van der Waals surface area contributed by atoms with Crippen molar-refractivity contribution < 1.29 is 4.79 Å². The molecule has 0 unspecified atom stereocenters. The fraction of sp³-hybridized carbons (Fsp3) is 0.870. The average molecular weight is 329 g/mol. The van der Waals surface area contributed by atoms with Crippen LogP contribution in [0.5, 0.6) is 0 Å². The number of carbonyl (C=O) groups excluding carboxylic acids is 1. The van der Waals surface area contributed by atoms with Gasteiger partial charge in [-0.1, -0.05) is 45.3 Å². The van der Waals surface area contributed by atoms with Crippen molar-refractivity contribution in [1.29, 1.82) is 0 Å². The summed E-state index contributed by atoms with van der Waals surface area (Å²) in [5.41, 5.74) is 4.11. The molecule has 0 saturated heterocycles. The SMILES string of the molecule is CCC[C@@H]1CCC2=C1CC[C@H]1[C@H]2CC[C@H]2CC(=O)C(C)(C)C[C@@]21C. The lowest BCUT2D eigenvalue weighted by atomic mass is 9.46. The predicted molar refractivity (Wildman–Crippen MR) is 99.7 cm³/mol. The fourth-order valence-corrected chi connectivity index (χ4v) is 7.48. The minimum Gasteiger partial charge on any atom is -0.299 e.